The highest BCUT2D eigenvalue weighted by atomic mass is 35.5. The highest BCUT2D eigenvalue weighted by Crippen LogP contribution is 2.19. The summed E-state index contributed by atoms with van der Waals surface area (Å²) >= 11 is 1.19. The van der Waals surface area contributed by atoms with Crippen molar-refractivity contribution in [2.45, 2.75) is 10.8 Å². The van der Waals surface area contributed by atoms with Gasteiger partial charge in [0, 0.05) is 11.6 Å². The fourth-order valence-corrected chi connectivity index (χ4v) is 4.19. The Hall–Kier alpha value is -0.170. The van der Waals surface area contributed by atoms with Gasteiger partial charge in [0.1, 0.15) is 0 Å². The number of hydrogen-bond acceptors (Lipinski definition) is 5. The maximum absolute atomic E-state index is 11.8. The van der Waals surface area contributed by atoms with Crippen LogP contribution in [0.1, 0.15) is 6.42 Å². The van der Waals surface area contributed by atoms with Crippen molar-refractivity contribution in [3.05, 3.63) is 11.6 Å². The Morgan fingerprint density at radius 1 is 1.60 bits per heavy atom. The van der Waals surface area contributed by atoms with Crippen molar-refractivity contribution in [3.8, 4) is 0 Å². The molecule has 0 aromatic carbocycles. The molecule has 1 aromatic heterocycles. The fraction of sp³-hybridized carbons (Fsp3) is 0.625. The third kappa shape index (κ3) is 3.14. The second kappa shape index (κ2) is 5.25. The van der Waals surface area contributed by atoms with Crippen LogP contribution in [0.25, 0.3) is 0 Å². The van der Waals surface area contributed by atoms with Gasteiger partial charge < -0.3 is 5.32 Å². The molecule has 0 aliphatic carbocycles. The van der Waals surface area contributed by atoms with E-state index in [1.54, 1.807) is 5.38 Å². The Balaban J connectivity index is 0.00000112. The second-order valence-corrected chi connectivity index (χ2v) is 6.54. The molecule has 1 aliphatic rings. The molecule has 7 heteroatoms. The van der Waals surface area contributed by atoms with Crippen molar-refractivity contribution in [2.75, 3.05) is 18.8 Å². The van der Waals surface area contributed by atoms with Crippen molar-refractivity contribution in [3.63, 3.8) is 0 Å². The van der Waals surface area contributed by atoms with Gasteiger partial charge in [-0.15, -0.1) is 23.7 Å². The van der Waals surface area contributed by atoms with E-state index >= 15 is 0 Å². The van der Waals surface area contributed by atoms with E-state index in [9.17, 15) is 8.42 Å². The molecule has 1 aromatic rings. The predicted octanol–water partition coefficient (Wildman–Crippen LogP) is 0.948. The first-order valence-corrected chi connectivity index (χ1v) is 7.04. The molecule has 1 aliphatic heterocycles. The lowest BCUT2D eigenvalue weighted by atomic mass is 10.2. The van der Waals surface area contributed by atoms with Gasteiger partial charge in [0.05, 0.1) is 5.75 Å². The maximum Gasteiger partial charge on any atom is 0.209 e. The van der Waals surface area contributed by atoms with Crippen LogP contribution >= 0.6 is 23.7 Å². The molecule has 0 radical (unpaired) electrons. The van der Waals surface area contributed by atoms with Gasteiger partial charge in [0.2, 0.25) is 14.2 Å². The summed E-state index contributed by atoms with van der Waals surface area (Å²) < 4.78 is 23.8. The number of hydrogen-bond donors (Lipinski definition) is 1. The van der Waals surface area contributed by atoms with E-state index in [1.165, 1.54) is 17.5 Å². The molecule has 2 heterocycles. The lowest BCUT2D eigenvalue weighted by molar-refractivity contribution is 0.570. The summed E-state index contributed by atoms with van der Waals surface area (Å²) in [6.07, 6.45) is 2.48. The normalized spacial score (nSPS) is 21.2. The van der Waals surface area contributed by atoms with Crippen LogP contribution in [-0.4, -0.2) is 32.2 Å². The van der Waals surface area contributed by atoms with E-state index in [4.69, 9.17) is 0 Å². The topological polar surface area (TPSA) is 59.1 Å². The molecule has 1 fully saturated rings. The number of nitrogens with one attached hydrogen (secondary N) is 1. The Morgan fingerprint density at radius 3 is 2.93 bits per heavy atom. The van der Waals surface area contributed by atoms with Crippen LogP contribution < -0.4 is 5.32 Å². The largest absolute Gasteiger partial charge is 0.316 e. The molecule has 1 saturated heterocycles. The van der Waals surface area contributed by atoms with E-state index in [1.807, 2.05) is 0 Å². The first-order valence-electron chi connectivity index (χ1n) is 4.51. The monoisotopic (exact) mass is 268 g/mol. The summed E-state index contributed by atoms with van der Waals surface area (Å²) in [5, 5.41) is 4.85. The molecule has 15 heavy (non-hydrogen) atoms. The first kappa shape index (κ1) is 12.9. The second-order valence-electron chi connectivity index (χ2n) is 3.44. The molecular formula is C8H13ClN2O2S2. The summed E-state index contributed by atoms with van der Waals surface area (Å²) in [5.74, 6) is 0.483. The summed E-state index contributed by atoms with van der Waals surface area (Å²) in [5.41, 5.74) is 0. The zero-order valence-electron chi connectivity index (χ0n) is 8.05. The van der Waals surface area contributed by atoms with Crippen molar-refractivity contribution < 1.29 is 8.42 Å². The van der Waals surface area contributed by atoms with Crippen LogP contribution in [0.3, 0.4) is 0 Å². The van der Waals surface area contributed by atoms with Gasteiger partial charge in [-0.25, -0.2) is 13.4 Å². The number of halogens is 1. The van der Waals surface area contributed by atoms with Crippen molar-refractivity contribution in [1.29, 1.82) is 0 Å². The predicted molar refractivity (Wildman–Crippen MR) is 62.4 cm³/mol. The molecule has 0 spiro atoms. The standard InChI is InChI=1S/C8H12N2O2S2.ClH/c11-14(12,8-10-3-4-13-8)6-7-1-2-9-5-7;/h3-4,7,9H,1-2,5-6H2;1H. The van der Waals surface area contributed by atoms with Crippen LogP contribution in [0.4, 0.5) is 0 Å². The Kier molecular flexibility index (Phi) is 4.51. The quantitative estimate of drug-likeness (QED) is 0.887. The number of rotatable bonds is 3. The highest BCUT2D eigenvalue weighted by molar-refractivity contribution is 7.93. The minimum absolute atomic E-state index is 0. The van der Waals surface area contributed by atoms with Gasteiger partial charge in [0.15, 0.2) is 0 Å². The summed E-state index contributed by atoms with van der Waals surface area (Å²) in [6.45, 7) is 1.74. The van der Waals surface area contributed by atoms with Crippen molar-refractivity contribution in [1.82, 2.24) is 10.3 Å². The molecule has 1 atom stereocenters. The lowest BCUT2D eigenvalue weighted by Gasteiger charge is -2.06. The average molecular weight is 269 g/mol. The van der Waals surface area contributed by atoms with Crippen molar-refractivity contribution >= 4 is 33.6 Å². The van der Waals surface area contributed by atoms with E-state index in [2.05, 4.69) is 10.3 Å². The van der Waals surface area contributed by atoms with Gasteiger partial charge in [-0.1, -0.05) is 0 Å². The van der Waals surface area contributed by atoms with Crippen LogP contribution in [0.2, 0.25) is 0 Å². The summed E-state index contributed by atoms with van der Waals surface area (Å²) in [4.78, 5) is 3.84. The Labute approximate surface area is 99.4 Å². The van der Waals surface area contributed by atoms with Crippen LogP contribution in [0, 0.1) is 5.92 Å². The molecule has 86 valence electrons. The van der Waals surface area contributed by atoms with Crippen LogP contribution in [0.5, 0.6) is 0 Å². The average Bonchev–Trinajstić information content (AvgIpc) is 2.71. The van der Waals surface area contributed by atoms with E-state index < -0.39 is 9.84 Å². The molecular weight excluding hydrogens is 256 g/mol. The minimum atomic E-state index is -3.13. The van der Waals surface area contributed by atoms with Crippen LogP contribution in [-0.2, 0) is 9.84 Å². The number of nitrogens with zero attached hydrogens (tertiary/aromatic N) is 1. The van der Waals surface area contributed by atoms with Gasteiger partial charge >= 0.3 is 0 Å². The zero-order valence-corrected chi connectivity index (χ0v) is 10.5. The number of sulfone groups is 1. The zero-order chi connectivity index (χ0) is 10.0. The Bertz CT molecular complexity index is 385. The van der Waals surface area contributed by atoms with Gasteiger partial charge in [-0.2, -0.15) is 0 Å². The Morgan fingerprint density at radius 2 is 2.40 bits per heavy atom. The molecule has 0 bridgehead atoms. The molecule has 0 amide bonds. The smallest absolute Gasteiger partial charge is 0.209 e. The summed E-state index contributed by atoms with van der Waals surface area (Å²) in [7, 11) is -3.13. The third-order valence-electron chi connectivity index (χ3n) is 2.29. The van der Waals surface area contributed by atoms with Gasteiger partial charge in [-0.3, -0.25) is 0 Å². The fourth-order valence-electron chi connectivity index (χ4n) is 1.60. The minimum Gasteiger partial charge on any atom is -0.316 e. The van der Waals surface area contributed by atoms with Crippen LogP contribution in [0.15, 0.2) is 15.9 Å². The van der Waals surface area contributed by atoms with Gasteiger partial charge in [0.25, 0.3) is 0 Å². The molecule has 1 N–H and O–H groups in total. The maximum atomic E-state index is 11.8. The van der Waals surface area contributed by atoms with E-state index in [0.717, 1.165) is 19.5 Å². The van der Waals surface area contributed by atoms with E-state index in [0.29, 0.717) is 0 Å². The number of thiazole rings is 1. The van der Waals surface area contributed by atoms with Crippen molar-refractivity contribution in [2.24, 2.45) is 5.92 Å². The summed E-state index contributed by atoms with van der Waals surface area (Å²) in [6, 6.07) is 0. The molecule has 2 rings (SSSR count). The SMILES string of the molecule is Cl.O=S(=O)(CC1CCNC1)c1nccs1. The lowest BCUT2D eigenvalue weighted by Crippen LogP contribution is -2.18. The first-order chi connectivity index (χ1) is 6.68. The molecule has 4 nitrogen and oxygen atoms in total. The molecule has 0 saturated carbocycles. The van der Waals surface area contributed by atoms with Gasteiger partial charge in [-0.05, 0) is 25.4 Å². The van der Waals surface area contributed by atoms with E-state index in [-0.39, 0.29) is 28.4 Å². The molecule has 1 unspecified atom stereocenters. The third-order valence-corrected chi connectivity index (χ3v) is 5.46. The highest BCUT2D eigenvalue weighted by Gasteiger charge is 2.25. The number of aromatic nitrogens is 1.